The van der Waals surface area contributed by atoms with Gasteiger partial charge in [-0.15, -0.1) is 0 Å². The molecule has 0 saturated carbocycles. The molecular weight excluding hydrogens is 302 g/mol. The van der Waals surface area contributed by atoms with E-state index in [1.807, 2.05) is 60.5 Å². The predicted molar refractivity (Wildman–Crippen MR) is 92.3 cm³/mol. The summed E-state index contributed by atoms with van der Waals surface area (Å²) in [6.07, 6.45) is 3.10. The summed E-state index contributed by atoms with van der Waals surface area (Å²) in [6, 6.07) is 13.8. The summed E-state index contributed by atoms with van der Waals surface area (Å²) in [4.78, 5) is 18.9. The Kier molecular flexibility index (Phi) is 5.56. The molecule has 0 radical (unpaired) electrons. The van der Waals surface area contributed by atoms with Crippen LogP contribution in [0.15, 0.2) is 54.9 Å². The van der Waals surface area contributed by atoms with Crippen molar-refractivity contribution in [2.75, 3.05) is 19.6 Å². The number of hydrogen-bond acceptors (Lipinski definition) is 4. The molecule has 2 unspecified atom stereocenters. The van der Waals surface area contributed by atoms with Crippen LogP contribution < -0.4 is 5.32 Å². The Hall–Kier alpha value is -2.24. The number of aromatic nitrogens is 1. The quantitative estimate of drug-likeness (QED) is 0.915. The Morgan fingerprint density at radius 2 is 2.17 bits per heavy atom. The van der Waals surface area contributed by atoms with Gasteiger partial charge in [-0.3, -0.25) is 9.78 Å². The van der Waals surface area contributed by atoms with Crippen LogP contribution in [0, 0.1) is 0 Å². The van der Waals surface area contributed by atoms with Crippen LogP contribution >= 0.6 is 0 Å². The maximum absolute atomic E-state index is 12.9. The van der Waals surface area contributed by atoms with E-state index in [9.17, 15) is 4.79 Å². The van der Waals surface area contributed by atoms with Crippen molar-refractivity contribution in [2.24, 2.45) is 0 Å². The number of amides is 1. The lowest BCUT2D eigenvalue weighted by molar-refractivity contribution is -0.147. The first kappa shape index (κ1) is 16.6. The predicted octanol–water partition coefficient (Wildman–Crippen LogP) is 2.16. The van der Waals surface area contributed by atoms with Gasteiger partial charge in [-0.1, -0.05) is 36.4 Å². The largest absolute Gasteiger partial charge is 0.364 e. The van der Waals surface area contributed by atoms with Gasteiger partial charge in [0.05, 0.1) is 12.6 Å². The molecule has 2 heterocycles. The number of hydrogen-bond donors (Lipinski definition) is 1. The fourth-order valence-electron chi connectivity index (χ4n) is 2.94. The molecule has 1 amide bonds. The number of pyridine rings is 1. The summed E-state index contributed by atoms with van der Waals surface area (Å²) < 4.78 is 5.80. The molecule has 126 valence electrons. The van der Waals surface area contributed by atoms with Crippen LogP contribution in [0.3, 0.4) is 0 Å². The zero-order valence-electron chi connectivity index (χ0n) is 13.9. The van der Waals surface area contributed by atoms with Gasteiger partial charge in [-0.05, 0) is 24.1 Å². The first-order valence-corrected chi connectivity index (χ1v) is 8.32. The molecule has 3 rings (SSSR count). The Balaban J connectivity index is 1.65. The zero-order valence-corrected chi connectivity index (χ0v) is 13.9. The van der Waals surface area contributed by atoms with Gasteiger partial charge in [0.2, 0.25) is 0 Å². The number of ether oxygens (including phenoxy) is 1. The molecule has 0 aliphatic carbocycles. The van der Waals surface area contributed by atoms with Crippen LogP contribution in [0.1, 0.15) is 24.1 Å². The van der Waals surface area contributed by atoms with Crippen molar-refractivity contribution in [2.45, 2.75) is 25.7 Å². The SMILES string of the molecule is CC(OCc1ccccc1)C(=O)N1CCNCC1c1cccnc1. The summed E-state index contributed by atoms with van der Waals surface area (Å²) in [5, 5.41) is 3.35. The van der Waals surface area contributed by atoms with E-state index in [1.54, 1.807) is 6.20 Å². The Morgan fingerprint density at radius 3 is 2.92 bits per heavy atom. The van der Waals surface area contributed by atoms with Crippen molar-refractivity contribution in [3.05, 3.63) is 66.0 Å². The molecule has 1 saturated heterocycles. The average molecular weight is 325 g/mol. The molecule has 1 N–H and O–H groups in total. The summed E-state index contributed by atoms with van der Waals surface area (Å²) in [5.74, 6) is 0.0290. The minimum atomic E-state index is -0.470. The number of carbonyl (C=O) groups is 1. The zero-order chi connectivity index (χ0) is 16.8. The van der Waals surface area contributed by atoms with Gasteiger partial charge in [-0.2, -0.15) is 0 Å². The van der Waals surface area contributed by atoms with Crippen LogP contribution in [0.25, 0.3) is 0 Å². The number of nitrogens with one attached hydrogen (secondary N) is 1. The normalized spacial score (nSPS) is 19.0. The highest BCUT2D eigenvalue weighted by atomic mass is 16.5. The van der Waals surface area contributed by atoms with Gasteiger partial charge in [-0.25, -0.2) is 0 Å². The number of piperazine rings is 1. The van der Waals surface area contributed by atoms with Gasteiger partial charge in [0.1, 0.15) is 6.10 Å². The van der Waals surface area contributed by atoms with Crippen LogP contribution in [0.2, 0.25) is 0 Å². The van der Waals surface area contributed by atoms with E-state index in [0.29, 0.717) is 13.2 Å². The first-order chi connectivity index (χ1) is 11.8. The smallest absolute Gasteiger partial charge is 0.252 e. The molecule has 0 bridgehead atoms. The van der Waals surface area contributed by atoms with Crippen molar-refractivity contribution in [3.63, 3.8) is 0 Å². The van der Waals surface area contributed by atoms with Gasteiger partial charge in [0, 0.05) is 32.0 Å². The van der Waals surface area contributed by atoms with E-state index in [-0.39, 0.29) is 11.9 Å². The standard InChI is InChI=1S/C19H23N3O2/c1-15(24-14-16-6-3-2-4-7-16)19(23)22-11-10-21-13-18(22)17-8-5-9-20-12-17/h2-9,12,15,18,21H,10-11,13-14H2,1H3. The number of rotatable bonds is 5. The minimum absolute atomic E-state index is 0.00252. The Labute approximate surface area is 142 Å². The van der Waals surface area contributed by atoms with Crippen molar-refractivity contribution in [1.82, 2.24) is 15.2 Å². The minimum Gasteiger partial charge on any atom is -0.364 e. The van der Waals surface area contributed by atoms with Gasteiger partial charge in [0.25, 0.3) is 5.91 Å². The second-order valence-electron chi connectivity index (χ2n) is 5.98. The van der Waals surface area contributed by atoms with Gasteiger partial charge < -0.3 is 15.0 Å². The Bertz CT molecular complexity index is 648. The molecule has 1 fully saturated rings. The maximum atomic E-state index is 12.9. The summed E-state index contributed by atoms with van der Waals surface area (Å²) in [6.45, 7) is 4.49. The molecule has 1 aromatic heterocycles. The van der Waals surface area contributed by atoms with Crippen molar-refractivity contribution >= 4 is 5.91 Å². The number of benzene rings is 1. The highest BCUT2D eigenvalue weighted by Crippen LogP contribution is 2.22. The lowest BCUT2D eigenvalue weighted by Gasteiger charge is -2.37. The third-order valence-corrected chi connectivity index (χ3v) is 4.29. The molecule has 2 atom stereocenters. The van der Waals surface area contributed by atoms with Crippen molar-refractivity contribution < 1.29 is 9.53 Å². The van der Waals surface area contributed by atoms with Gasteiger partial charge >= 0.3 is 0 Å². The first-order valence-electron chi connectivity index (χ1n) is 8.32. The van der Waals surface area contributed by atoms with E-state index in [0.717, 1.165) is 24.2 Å². The van der Waals surface area contributed by atoms with Crippen molar-refractivity contribution in [1.29, 1.82) is 0 Å². The molecule has 2 aromatic rings. The monoisotopic (exact) mass is 325 g/mol. The van der Waals surface area contributed by atoms with Crippen LogP contribution in [0.4, 0.5) is 0 Å². The average Bonchev–Trinajstić information content (AvgIpc) is 2.67. The van der Waals surface area contributed by atoms with E-state index in [2.05, 4.69) is 10.3 Å². The van der Waals surface area contributed by atoms with Crippen LogP contribution in [-0.4, -0.2) is 41.5 Å². The fraction of sp³-hybridized carbons (Fsp3) is 0.368. The fourth-order valence-corrected chi connectivity index (χ4v) is 2.94. The van der Waals surface area contributed by atoms with E-state index in [1.165, 1.54) is 0 Å². The maximum Gasteiger partial charge on any atom is 0.252 e. The summed E-state index contributed by atoms with van der Waals surface area (Å²) in [5.41, 5.74) is 2.12. The van der Waals surface area contributed by atoms with E-state index in [4.69, 9.17) is 4.74 Å². The second kappa shape index (κ2) is 8.04. The molecule has 1 aliphatic rings. The molecule has 24 heavy (non-hydrogen) atoms. The van der Waals surface area contributed by atoms with Crippen LogP contribution in [-0.2, 0) is 16.1 Å². The van der Waals surface area contributed by atoms with Gasteiger partial charge in [0.15, 0.2) is 0 Å². The lowest BCUT2D eigenvalue weighted by atomic mass is 10.0. The van der Waals surface area contributed by atoms with E-state index >= 15 is 0 Å². The highest BCUT2D eigenvalue weighted by molar-refractivity contribution is 5.81. The van der Waals surface area contributed by atoms with Crippen LogP contribution in [0.5, 0.6) is 0 Å². The summed E-state index contributed by atoms with van der Waals surface area (Å²) in [7, 11) is 0. The Morgan fingerprint density at radius 1 is 1.33 bits per heavy atom. The number of nitrogens with zero attached hydrogens (tertiary/aromatic N) is 2. The third-order valence-electron chi connectivity index (χ3n) is 4.29. The second-order valence-corrected chi connectivity index (χ2v) is 5.98. The molecular formula is C19H23N3O2. The molecule has 0 spiro atoms. The molecule has 5 nitrogen and oxygen atoms in total. The third kappa shape index (κ3) is 3.99. The summed E-state index contributed by atoms with van der Waals surface area (Å²) >= 11 is 0. The molecule has 5 heteroatoms. The molecule has 1 aliphatic heterocycles. The lowest BCUT2D eigenvalue weighted by Crippen LogP contribution is -2.51. The highest BCUT2D eigenvalue weighted by Gasteiger charge is 2.31. The molecule has 1 aromatic carbocycles. The van der Waals surface area contributed by atoms with Crippen molar-refractivity contribution in [3.8, 4) is 0 Å². The van der Waals surface area contributed by atoms with E-state index < -0.39 is 6.10 Å². The number of carbonyl (C=O) groups excluding carboxylic acids is 1. The topological polar surface area (TPSA) is 54.5 Å².